The van der Waals surface area contributed by atoms with Crippen molar-refractivity contribution in [1.29, 1.82) is 0 Å². The van der Waals surface area contributed by atoms with Crippen molar-refractivity contribution < 1.29 is 0 Å². The second-order valence-electron chi connectivity index (χ2n) is 7.28. The van der Waals surface area contributed by atoms with Crippen LogP contribution in [0.4, 0.5) is 0 Å². The predicted molar refractivity (Wildman–Crippen MR) is 106 cm³/mol. The quantitative estimate of drug-likeness (QED) is 0.449. The van der Waals surface area contributed by atoms with Gasteiger partial charge in [0.2, 0.25) is 0 Å². The Morgan fingerprint density at radius 1 is 1.21 bits per heavy atom. The zero-order valence-corrected chi connectivity index (χ0v) is 16.6. The van der Waals surface area contributed by atoms with Crippen LogP contribution < -0.4 is 10.6 Å². The topological polar surface area (TPSA) is 39.7 Å². The van der Waals surface area contributed by atoms with Crippen LogP contribution in [0.1, 0.15) is 42.9 Å². The second kappa shape index (κ2) is 10.0. The molecular weight excluding hydrogens is 316 g/mol. The smallest absolute Gasteiger partial charge is 0.191 e. The number of piperidine rings is 1. The lowest BCUT2D eigenvalue weighted by atomic mass is 9.92. The van der Waals surface area contributed by atoms with Gasteiger partial charge < -0.3 is 15.5 Å². The van der Waals surface area contributed by atoms with Crippen molar-refractivity contribution in [3.8, 4) is 0 Å². The van der Waals surface area contributed by atoms with Crippen molar-refractivity contribution in [1.82, 2.24) is 15.5 Å². The highest BCUT2D eigenvalue weighted by molar-refractivity contribution is 7.11. The summed E-state index contributed by atoms with van der Waals surface area (Å²) in [6, 6.07) is 4.35. The monoisotopic (exact) mass is 350 g/mol. The zero-order valence-electron chi connectivity index (χ0n) is 15.8. The maximum Gasteiger partial charge on any atom is 0.191 e. The number of guanidine groups is 1. The average molecular weight is 351 g/mol. The fourth-order valence-corrected chi connectivity index (χ4v) is 4.44. The van der Waals surface area contributed by atoms with Crippen molar-refractivity contribution in [2.75, 3.05) is 33.2 Å². The number of likely N-dealkylation sites (tertiary alicyclic amines) is 1. The maximum absolute atomic E-state index is 4.31. The Balaban J connectivity index is 1.57. The van der Waals surface area contributed by atoms with Crippen molar-refractivity contribution in [3.63, 3.8) is 0 Å². The molecule has 2 rings (SSSR count). The van der Waals surface area contributed by atoms with E-state index in [1.54, 1.807) is 0 Å². The van der Waals surface area contributed by atoms with Crippen molar-refractivity contribution >= 4 is 17.3 Å². The first-order valence-corrected chi connectivity index (χ1v) is 10.1. The summed E-state index contributed by atoms with van der Waals surface area (Å²) in [6.45, 7) is 12.5. The Hall–Kier alpha value is -1.07. The summed E-state index contributed by atoms with van der Waals surface area (Å²) in [5.41, 5.74) is 0. The Kier molecular flexibility index (Phi) is 8.06. The van der Waals surface area contributed by atoms with Crippen LogP contribution in [0.15, 0.2) is 17.1 Å². The SMILES string of the molecule is CN=C(NCCCCN1CC(C)CC(C)C1)NCc1ccc(C)s1. The number of nitrogens with zero attached hydrogens (tertiary/aromatic N) is 2. The van der Waals surface area contributed by atoms with Gasteiger partial charge in [0.15, 0.2) is 5.96 Å². The Morgan fingerprint density at radius 2 is 1.96 bits per heavy atom. The number of thiophene rings is 1. The maximum atomic E-state index is 4.31. The van der Waals surface area contributed by atoms with E-state index >= 15 is 0 Å². The molecule has 1 aliphatic heterocycles. The first-order chi connectivity index (χ1) is 11.6. The summed E-state index contributed by atoms with van der Waals surface area (Å²) in [4.78, 5) is 9.66. The molecule has 2 unspecified atom stereocenters. The molecule has 0 bridgehead atoms. The number of aliphatic imine (C=N–C) groups is 1. The van der Waals surface area contributed by atoms with Gasteiger partial charge in [0.05, 0.1) is 6.54 Å². The number of rotatable bonds is 7. The van der Waals surface area contributed by atoms with E-state index in [0.29, 0.717) is 0 Å². The van der Waals surface area contributed by atoms with Gasteiger partial charge in [-0.15, -0.1) is 11.3 Å². The van der Waals surface area contributed by atoms with Gasteiger partial charge in [0, 0.05) is 36.4 Å². The summed E-state index contributed by atoms with van der Waals surface area (Å²) in [5, 5.41) is 6.82. The van der Waals surface area contributed by atoms with Gasteiger partial charge >= 0.3 is 0 Å². The Morgan fingerprint density at radius 3 is 2.58 bits per heavy atom. The molecule has 0 aliphatic carbocycles. The van der Waals surface area contributed by atoms with Gasteiger partial charge in [0.25, 0.3) is 0 Å². The largest absolute Gasteiger partial charge is 0.356 e. The molecule has 1 aliphatic rings. The normalized spacial score (nSPS) is 22.6. The van der Waals surface area contributed by atoms with Crippen molar-refractivity contribution in [2.24, 2.45) is 16.8 Å². The van der Waals surface area contributed by atoms with E-state index in [0.717, 1.165) is 30.9 Å². The summed E-state index contributed by atoms with van der Waals surface area (Å²) < 4.78 is 0. The molecule has 1 saturated heterocycles. The molecule has 0 aromatic carbocycles. The molecule has 24 heavy (non-hydrogen) atoms. The van der Waals surface area contributed by atoms with Crippen LogP contribution in [0.3, 0.4) is 0 Å². The molecule has 1 fully saturated rings. The molecule has 136 valence electrons. The molecule has 0 saturated carbocycles. The summed E-state index contributed by atoms with van der Waals surface area (Å²) in [7, 11) is 1.84. The van der Waals surface area contributed by atoms with Crippen molar-refractivity contribution in [2.45, 2.75) is 46.6 Å². The Labute approximate surface area is 151 Å². The van der Waals surface area contributed by atoms with E-state index in [-0.39, 0.29) is 0 Å². The molecule has 2 N–H and O–H groups in total. The van der Waals surface area contributed by atoms with E-state index in [1.165, 1.54) is 48.7 Å². The number of unbranched alkanes of at least 4 members (excludes halogenated alkanes) is 1. The molecule has 4 nitrogen and oxygen atoms in total. The highest BCUT2D eigenvalue weighted by Crippen LogP contribution is 2.20. The third-order valence-corrected chi connectivity index (χ3v) is 5.59. The van der Waals surface area contributed by atoms with E-state index in [1.807, 2.05) is 18.4 Å². The summed E-state index contributed by atoms with van der Waals surface area (Å²) in [5.74, 6) is 2.62. The molecule has 0 amide bonds. The number of hydrogen-bond donors (Lipinski definition) is 2. The fraction of sp³-hybridized carbons (Fsp3) is 0.737. The van der Waals surface area contributed by atoms with E-state index in [9.17, 15) is 0 Å². The van der Waals surface area contributed by atoms with E-state index in [4.69, 9.17) is 0 Å². The average Bonchev–Trinajstić information content (AvgIpc) is 2.94. The van der Waals surface area contributed by atoms with Gasteiger partial charge in [-0.2, -0.15) is 0 Å². The first kappa shape index (κ1) is 19.3. The van der Waals surface area contributed by atoms with Crippen LogP contribution in [0, 0.1) is 18.8 Å². The minimum Gasteiger partial charge on any atom is -0.356 e. The number of nitrogens with one attached hydrogen (secondary N) is 2. The molecule has 5 heteroatoms. The Bertz CT molecular complexity index is 501. The highest BCUT2D eigenvalue weighted by atomic mass is 32.1. The first-order valence-electron chi connectivity index (χ1n) is 9.29. The lowest BCUT2D eigenvalue weighted by molar-refractivity contribution is 0.139. The molecule has 2 atom stereocenters. The van der Waals surface area contributed by atoms with Crippen LogP contribution in [0.5, 0.6) is 0 Å². The molecule has 2 heterocycles. The van der Waals surface area contributed by atoms with Crippen LogP contribution in [-0.2, 0) is 6.54 Å². The second-order valence-corrected chi connectivity index (χ2v) is 8.65. The van der Waals surface area contributed by atoms with Crippen LogP contribution in [0.2, 0.25) is 0 Å². The number of aryl methyl sites for hydroxylation is 1. The van der Waals surface area contributed by atoms with Gasteiger partial charge in [-0.3, -0.25) is 4.99 Å². The predicted octanol–water partition coefficient (Wildman–Crippen LogP) is 3.48. The highest BCUT2D eigenvalue weighted by Gasteiger charge is 2.20. The minimum absolute atomic E-state index is 0.849. The lowest BCUT2D eigenvalue weighted by Crippen LogP contribution is -2.40. The van der Waals surface area contributed by atoms with E-state index in [2.05, 4.69) is 53.4 Å². The standard InChI is InChI=1S/C19H34N4S/c1-15-11-16(2)14-23(13-15)10-6-5-9-21-19(20-4)22-12-18-8-7-17(3)24-18/h7-8,15-16H,5-6,9-14H2,1-4H3,(H2,20,21,22). The van der Waals surface area contributed by atoms with Crippen molar-refractivity contribution in [3.05, 3.63) is 21.9 Å². The van der Waals surface area contributed by atoms with Crippen LogP contribution in [-0.4, -0.2) is 44.1 Å². The van der Waals surface area contributed by atoms with Crippen LogP contribution >= 0.6 is 11.3 Å². The molecule has 0 radical (unpaired) electrons. The lowest BCUT2D eigenvalue weighted by Gasteiger charge is -2.34. The fourth-order valence-electron chi connectivity index (χ4n) is 3.61. The van der Waals surface area contributed by atoms with Gasteiger partial charge in [-0.05, 0) is 56.7 Å². The third kappa shape index (κ3) is 6.81. The molecule has 0 spiro atoms. The van der Waals surface area contributed by atoms with Crippen LogP contribution in [0.25, 0.3) is 0 Å². The summed E-state index contributed by atoms with van der Waals surface area (Å²) >= 11 is 1.84. The molecule has 1 aromatic rings. The van der Waals surface area contributed by atoms with Gasteiger partial charge in [-0.25, -0.2) is 0 Å². The zero-order chi connectivity index (χ0) is 17.4. The molecule has 1 aromatic heterocycles. The van der Waals surface area contributed by atoms with Gasteiger partial charge in [-0.1, -0.05) is 13.8 Å². The third-order valence-electron chi connectivity index (χ3n) is 4.59. The van der Waals surface area contributed by atoms with E-state index < -0.39 is 0 Å². The van der Waals surface area contributed by atoms with Gasteiger partial charge in [0.1, 0.15) is 0 Å². The number of hydrogen-bond acceptors (Lipinski definition) is 3. The molecular formula is C19H34N4S. The minimum atomic E-state index is 0.849. The summed E-state index contributed by atoms with van der Waals surface area (Å²) in [6.07, 6.45) is 3.84.